The van der Waals surface area contributed by atoms with Gasteiger partial charge in [0.05, 0.1) is 18.2 Å². The van der Waals surface area contributed by atoms with E-state index in [4.69, 9.17) is 5.26 Å². The largest absolute Gasteiger partial charge is 0.327 e. The first-order valence-corrected chi connectivity index (χ1v) is 7.83. The first kappa shape index (κ1) is 17.0. The van der Waals surface area contributed by atoms with Crippen molar-refractivity contribution in [3.05, 3.63) is 26.6 Å². The number of anilines is 1. The molecule has 0 aliphatic rings. The van der Waals surface area contributed by atoms with Crippen molar-refractivity contribution in [1.29, 1.82) is 5.26 Å². The molecule has 0 bridgehead atoms. The number of hydrogen-bond acceptors (Lipinski definition) is 2. The molecule has 0 saturated heterocycles. The molecule has 0 fully saturated rings. The highest BCUT2D eigenvalue weighted by Gasteiger charge is 2.14. The summed E-state index contributed by atoms with van der Waals surface area (Å²) in [5, 5.41) is 11.4. The molecular weight excluding hydrogens is 386 g/mol. The fraction of sp³-hybridized carbons (Fsp3) is 0.429. The van der Waals surface area contributed by atoms with Gasteiger partial charge in [-0.25, -0.2) is 4.79 Å². The first-order chi connectivity index (χ1) is 9.36. The highest BCUT2D eigenvalue weighted by Crippen LogP contribution is 2.34. The molecule has 4 nitrogen and oxygen atoms in total. The molecule has 0 atom stereocenters. The molecule has 20 heavy (non-hydrogen) atoms. The SMILES string of the molecule is CC(C)c1cc(Br)c(NC(=O)N(C)CCC#N)c(Br)c1. The van der Waals surface area contributed by atoms with E-state index in [0.717, 1.165) is 8.95 Å². The molecule has 0 unspecified atom stereocenters. The lowest BCUT2D eigenvalue weighted by atomic mass is 10.0. The Morgan fingerprint density at radius 2 is 1.95 bits per heavy atom. The summed E-state index contributed by atoms with van der Waals surface area (Å²) in [7, 11) is 1.66. The minimum atomic E-state index is -0.237. The lowest BCUT2D eigenvalue weighted by Crippen LogP contribution is -2.32. The van der Waals surface area contributed by atoms with Gasteiger partial charge in [0.2, 0.25) is 0 Å². The van der Waals surface area contributed by atoms with E-state index in [-0.39, 0.29) is 6.03 Å². The number of carbonyl (C=O) groups excluding carboxylic acids is 1. The van der Waals surface area contributed by atoms with Crippen molar-refractivity contribution >= 4 is 43.6 Å². The second kappa shape index (κ2) is 7.65. The predicted molar refractivity (Wildman–Crippen MR) is 87.8 cm³/mol. The molecular formula is C14H17Br2N3O. The summed E-state index contributed by atoms with van der Waals surface area (Å²) in [6.07, 6.45) is 0.318. The molecule has 0 aliphatic carbocycles. The number of hydrogen-bond donors (Lipinski definition) is 1. The molecule has 1 aromatic carbocycles. The Balaban J connectivity index is 2.88. The van der Waals surface area contributed by atoms with Gasteiger partial charge in [-0.3, -0.25) is 0 Å². The van der Waals surface area contributed by atoms with Gasteiger partial charge in [0.1, 0.15) is 0 Å². The van der Waals surface area contributed by atoms with Crippen molar-refractivity contribution in [1.82, 2.24) is 4.90 Å². The quantitative estimate of drug-likeness (QED) is 0.792. The van der Waals surface area contributed by atoms with Crippen LogP contribution in [0.25, 0.3) is 0 Å². The Hall–Kier alpha value is -1.06. The highest BCUT2D eigenvalue weighted by molar-refractivity contribution is 9.11. The van der Waals surface area contributed by atoms with E-state index in [9.17, 15) is 4.79 Å². The average Bonchev–Trinajstić information content (AvgIpc) is 2.39. The van der Waals surface area contributed by atoms with Crippen LogP contribution in [-0.2, 0) is 0 Å². The van der Waals surface area contributed by atoms with Gasteiger partial charge in [0.15, 0.2) is 0 Å². The fourth-order valence-electron chi connectivity index (χ4n) is 1.57. The molecule has 108 valence electrons. The number of urea groups is 1. The lowest BCUT2D eigenvalue weighted by molar-refractivity contribution is 0.223. The number of carbonyl (C=O) groups is 1. The van der Waals surface area contributed by atoms with E-state index in [1.165, 1.54) is 10.5 Å². The molecule has 0 radical (unpaired) electrons. The molecule has 2 amide bonds. The van der Waals surface area contributed by atoms with Gasteiger partial charge >= 0.3 is 6.03 Å². The maximum absolute atomic E-state index is 12.0. The maximum atomic E-state index is 12.0. The van der Waals surface area contributed by atoms with E-state index in [0.29, 0.717) is 24.6 Å². The zero-order valence-electron chi connectivity index (χ0n) is 11.7. The summed E-state index contributed by atoms with van der Waals surface area (Å²) < 4.78 is 1.66. The monoisotopic (exact) mass is 401 g/mol. The van der Waals surface area contributed by atoms with Crippen LogP contribution < -0.4 is 5.32 Å². The van der Waals surface area contributed by atoms with Crippen molar-refractivity contribution < 1.29 is 4.79 Å². The summed E-state index contributed by atoms with van der Waals surface area (Å²) in [5.41, 5.74) is 1.88. The summed E-state index contributed by atoms with van der Waals surface area (Å²) >= 11 is 6.96. The van der Waals surface area contributed by atoms with Crippen LogP contribution >= 0.6 is 31.9 Å². The minimum absolute atomic E-state index is 0.237. The first-order valence-electron chi connectivity index (χ1n) is 6.24. The zero-order chi connectivity index (χ0) is 15.3. The third kappa shape index (κ3) is 4.50. The van der Waals surface area contributed by atoms with Gasteiger partial charge in [-0.1, -0.05) is 13.8 Å². The number of halogens is 2. The van der Waals surface area contributed by atoms with Crippen molar-refractivity contribution in [3.8, 4) is 6.07 Å². The van der Waals surface area contributed by atoms with Gasteiger partial charge in [0.25, 0.3) is 0 Å². The normalized spacial score (nSPS) is 10.2. The zero-order valence-corrected chi connectivity index (χ0v) is 14.9. The molecule has 0 aromatic heterocycles. The van der Waals surface area contributed by atoms with Crippen LogP contribution in [0.4, 0.5) is 10.5 Å². The Morgan fingerprint density at radius 1 is 1.40 bits per heavy atom. The van der Waals surface area contributed by atoms with Crippen molar-refractivity contribution in [2.75, 3.05) is 18.9 Å². The average molecular weight is 403 g/mol. The summed E-state index contributed by atoms with van der Waals surface area (Å²) in [6, 6.07) is 5.78. The highest BCUT2D eigenvalue weighted by atomic mass is 79.9. The van der Waals surface area contributed by atoms with Gasteiger partial charge in [-0.15, -0.1) is 0 Å². The van der Waals surface area contributed by atoms with Crippen LogP contribution in [0.2, 0.25) is 0 Å². The second-order valence-corrected chi connectivity index (χ2v) is 6.48. The van der Waals surface area contributed by atoms with E-state index < -0.39 is 0 Å². The third-order valence-corrected chi connectivity index (χ3v) is 4.12. The molecule has 0 aliphatic heterocycles. The Bertz CT molecular complexity index is 515. The third-order valence-electron chi connectivity index (χ3n) is 2.87. The van der Waals surface area contributed by atoms with Gasteiger partial charge < -0.3 is 10.2 Å². The Kier molecular flexibility index (Phi) is 6.50. The standard InChI is InChI=1S/C14H17Br2N3O/c1-9(2)10-7-11(15)13(12(16)8-10)18-14(20)19(3)6-4-5-17/h7-9H,4,6H2,1-3H3,(H,18,20). The molecule has 0 heterocycles. The van der Waals surface area contributed by atoms with Crippen LogP contribution in [0, 0.1) is 11.3 Å². The summed E-state index contributed by atoms with van der Waals surface area (Å²) in [5.74, 6) is 0.408. The lowest BCUT2D eigenvalue weighted by Gasteiger charge is -2.19. The van der Waals surface area contributed by atoms with E-state index in [1.54, 1.807) is 7.05 Å². The topological polar surface area (TPSA) is 56.1 Å². The van der Waals surface area contributed by atoms with Crippen molar-refractivity contribution in [3.63, 3.8) is 0 Å². The number of nitrogens with one attached hydrogen (secondary N) is 1. The van der Waals surface area contributed by atoms with Crippen molar-refractivity contribution in [2.45, 2.75) is 26.2 Å². The predicted octanol–water partition coefficient (Wildman–Crippen LogP) is 4.71. The van der Waals surface area contributed by atoms with E-state index >= 15 is 0 Å². The van der Waals surface area contributed by atoms with Gasteiger partial charge in [-0.2, -0.15) is 5.26 Å². The molecule has 0 spiro atoms. The van der Waals surface area contributed by atoms with Crippen LogP contribution in [0.15, 0.2) is 21.1 Å². The fourth-order valence-corrected chi connectivity index (χ4v) is 2.99. The number of nitriles is 1. The molecule has 1 aromatic rings. The number of benzene rings is 1. The smallest absolute Gasteiger partial charge is 0.321 e. The van der Waals surface area contributed by atoms with E-state index in [2.05, 4.69) is 51.0 Å². The van der Waals surface area contributed by atoms with Gasteiger partial charge in [-0.05, 0) is 55.5 Å². The summed E-state index contributed by atoms with van der Waals surface area (Å²) in [6.45, 7) is 4.63. The van der Waals surface area contributed by atoms with Crippen LogP contribution in [-0.4, -0.2) is 24.5 Å². The van der Waals surface area contributed by atoms with E-state index in [1.807, 2.05) is 18.2 Å². The van der Waals surface area contributed by atoms with Crippen molar-refractivity contribution in [2.24, 2.45) is 0 Å². The summed E-state index contributed by atoms with van der Waals surface area (Å²) in [4.78, 5) is 13.5. The molecule has 1 rings (SSSR count). The molecule has 6 heteroatoms. The van der Waals surface area contributed by atoms with Crippen LogP contribution in [0.3, 0.4) is 0 Å². The molecule has 1 N–H and O–H groups in total. The Morgan fingerprint density at radius 3 is 2.40 bits per heavy atom. The maximum Gasteiger partial charge on any atom is 0.321 e. The van der Waals surface area contributed by atoms with Crippen LogP contribution in [0.1, 0.15) is 31.7 Å². The Labute approximate surface area is 136 Å². The number of amides is 2. The number of rotatable bonds is 4. The van der Waals surface area contributed by atoms with Crippen LogP contribution in [0.5, 0.6) is 0 Å². The number of nitrogens with zero attached hydrogens (tertiary/aromatic N) is 2. The van der Waals surface area contributed by atoms with Gasteiger partial charge in [0, 0.05) is 22.5 Å². The molecule has 0 saturated carbocycles. The second-order valence-electron chi connectivity index (χ2n) is 4.77. The minimum Gasteiger partial charge on any atom is -0.327 e.